The molecule has 11 nitrogen and oxygen atoms in total. The van der Waals surface area contributed by atoms with Gasteiger partial charge >= 0.3 is 0 Å². The van der Waals surface area contributed by atoms with Gasteiger partial charge in [0, 0.05) is 29.7 Å². The summed E-state index contributed by atoms with van der Waals surface area (Å²) in [6.07, 6.45) is -1.94. The Morgan fingerprint density at radius 3 is 1.91 bits per heavy atom. The van der Waals surface area contributed by atoms with E-state index in [9.17, 15) is 40.9 Å². The summed E-state index contributed by atoms with van der Waals surface area (Å²) >= 11 is 0. The Kier molecular flexibility index (Phi) is 5.58. The average molecular weight is 460 g/mol. The van der Waals surface area contributed by atoms with Gasteiger partial charge in [-0.1, -0.05) is 0 Å². The highest BCUT2D eigenvalue weighted by atomic mass is 17.2. The van der Waals surface area contributed by atoms with E-state index < -0.39 is 46.7 Å². The molecule has 0 amide bonds. The molecule has 1 aliphatic heterocycles. The smallest absolute Gasteiger partial charge is 0.200 e. The Labute approximate surface area is 186 Å². The van der Waals surface area contributed by atoms with Crippen molar-refractivity contribution < 1.29 is 55.4 Å². The number of rotatable bonds is 5. The van der Waals surface area contributed by atoms with Crippen molar-refractivity contribution in [2.45, 2.75) is 25.2 Å². The number of phenolic OH excluding ortho intramolecular Hbond substituents is 8. The van der Waals surface area contributed by atoms with E-state index in [1.165, 1.54) is 6.07 Å². The fourth-order valence-electron chi connectivity index (χ4n) is 3.54. The van der Waals surface area contributed by atoms with Gasteiger partial charge in [-0.2, -0.15) is 0 Å². The lowest BCUT2D eigenvalue weighted by molar-refractivity contribution is -0.347. The number of ether oxygens (including phenoxy) is 1. The molecule has 3 aromatic rings. The summed E-state index contributed by atoms with van der Waals surface area (Å²) in [7, 11) is 0. The molecule has 0 radical (unpaired) electrons. The Hall–Kier alpha value is -4.22. The molecule has 2 atom stereocenters. The van der Waals surface area contributed by atoms with E-state index in [1.54, 1.807) is 0 Å². The summed E-state index contributed by atoms with van der Waals surface area (Å²) in [6.45, 7) is -0.259. The van der Waals surface area contributed by atoms with Gasteiger partial charge in [0.1, 0.15) is 30.0 Å². The standard InChI is InChI=1S/C22H20O11/c23-11-5-13(24)12-7-19(33-31-8-9-1-14(25)20(29)15(26)2-9)22(32-18(12)6-11)10-3-16(27)21(30)17(28)4-10/h1-6,19,22-30H,7-8H2/t19-,22?/m1/s1. The molecule has 1 unspecified atom stereocenters. The van der Waals surface area contributed by atoms with E-state index in [4.69, 9.17) is 14.5 Å². The molecule has 3 aromatic carbocycles. The molecule has 0 spiro atoms. The van der Waals surface area contributed by atoms with Crippen molar-refractivity contribution in [3.63, 3.8) is 0 Å². The lowest BCUT2D eigenvalue weighted by Crippen LogP contribution is -2.33. The van der Waals surface area contributed by atoms with Gasteiger partial charge in [0.25, 0.3) is 0 Å². The Bertz CT molecular complexity index is 1160. The molecule has 0 saturated carbocycles. The van der Waals surface area contributed by atoms with Crippen LogP contribution in [0.15, 0.2) is 36.4 Å². The van der Waals surface area contributed by atoms with Gasteiger partial charge in [-0.25, -0.2) is 9.78 Å². The van der Waals surface area contributed by atoms with Gasteiger partial charge in [0.15, 0.2) is 40.6 Å². The number of hydrogen-bond acceptors (Lipinski definition) is 11. The average Bonchev–Trinajstić information content (AvgIpc) is 2.75. The fraction of sp³-hybridized carbons (Fsp3) is 0.182. The molecular formula is C22H20O11. The van der Waals surface area contributed by atoms with Crippen LogP contribution in [0.3, 0.4) is 0 Å². The predicted octanol–water partition coefficient (Wildman–Crippen LogP) is 2.52. The van der Waals surface area contributed by atoms with Crippen LogP contribution in [0.1, 0.15) is 22.8 Å². The minimum atomic E-state index is -1.02. The summed E-state index contributed by atoms with van der Waals surface area (Å²) in [5, 5.41) is 78.1. The minimum absolute atomic E-state index is 0.0284. The SMILES string of the molecule is Oc1cc(O)c2c(c1)OC(c1cc(O)c(O)c(O)c1)[C@H](OOCc1cc(O)c(O)c(O)c1)C2. The van der Waals surface area contributed by atoms with Crippen LogP contribution < -0.4 is 4.74 Å². The second-order valence-corrected chi connectivity index (χ2v) is 7.47. The Balaban J connectivity index is 1.61. The molecular weight excluding hydrogens is 440 g/mol. The van der Waals surface area contributed by atoms with Crippen molar-refractivity contribution in [2.75, 3.05) is 0 Å². The highest BCUT2D eigenvalue weighted by Gasteiger charge is 2.36. The van der Waals surface area contributed by atoms with Crippen molar-refractivity contribution in [3.05, 3.63) is 53.1 Å². The first-order valence-corrected chi connectivity index (χ1v) is 9.62. The molecule has 0 bridgehead atoms. The second kappa shape index (κ2) is 8.37. The quantitative estimate of drug-likeness (QED) is 0.159. The van der Waals surface area contributed by atoms with Gasteiger partial charge in [-0.15, -0.1) is 0 Å². The van der Waals surface area contributed by atoms with Crippen molar-refractivity contribution in [1.82, 2.24) is 0 Å². The van der Waals surface area contributed by atoms with Gasteiger partial charge in [0.2, 0.25) is 0 Å². The molecule has 4 rings (SSSR count). The molecule has 0 saturated heterocycles. The Morgan fingerprint density at radius 2 is 1.30 bits per heavy atom. The molecule has 0 fully saturated rings. The third kappa shape index (κ3) is 4.27. The van der Waals surface area contributed by atoms with E-state index in [1.807, 2.05) is 0 Å². The van der Waals surface area contributed by atoms with Crippen LogP contribution in [-0.2, 0) is 22.8 Å². The van der Waals surface area contributed by atoms with Gasteiger partial charge in [-0.3, -0.25) is 0 Å². The van der Waals surface area contributed by atoms with Crippen LogP contribution in [0.25, 0.3) is 0 Å². The minimum Gasteiger partial charge on any atom is -0.508 e. The Morgan fingerprint density at radius 1 is 0.727 bits per heavy atom. The maximum atomic E-state index is 10.2. The first kappa shape index (κ1) is 22.0. The molecule has 33 heavy (non-hydrogen) atoms. The zero-order valence-corrected chi connectivity index (χ0v) is 16.8. The number of benzene rings is 3. The highest BCUT2D eigenvalue weighted by molar-refractivity contribution is 5.54. The van der Waals surface area contributed by atoms with Crippen LogP contribution in [0, 0.1) is 0 Å². The monoisotopic (exact) mass is 460 g/mol. The topological polar surface area (TPSA) is 190 Å². The molecule has 1 heterocycles. The first-order chi connectivity index (χ1) is 15.6. The van der Waals surface area contributed by atoms with E-state index >= 15 is 0 Å². The number of aromatic hydroxyl groups is 8. The largest absolute Gasteiger partial charge is 0.508 e. The lowest BCUT2D eigenvalue weighted by atomic mass is 9.93. The zero-order chi connectivity index (χ0) is 23.9. The van der Waals surface area contributed by atoms with Crippen molar-refractivity contribution >= 4 is 0 Å². The fourth-order valence-corrected chi connectivity index (χ4v) is 3.54. The van der Waals surface area contributed by atoms with E-state index in [0.29, 0.717) is 5.56 Å². The molecule has 1 aliphatic rings. The van der Waals surface area contributed by atoms with Crippen molar-refractivity contribution in [1.29, 1.82) is 0 Å². The van der Waals surface area contributed by atoms with Gasteiger partial charge in [-0.05, 0) is 29.8 Å². The number of fused-ring (bicyclic) bond motifs is 1. The second-order valence-electron chi connectivity index (χ2n) is 7.47. The molecule has 0 aromatic heterocycles. The predicted molar refractivity (Wildman–Crippen MR) is 109 cm³/mol. The normalized spacial score (nSPS) is 17.3. The van der Waals surface area contributed by atoms with E-state index in [2.05, 4.69) is 0 Å². The van der Waals surface area contributed by atoms with Crippen LogP contribution in [0.4, 0.5) is 0 Å². The summed E-state index contributed by atoms with van der Waals surface area (Å²) in [4.78, 5) is 10.7. The summed E-state index contributed by atoms with van der Waals surface area (Å²) in [5.41, 5.74) is 0.777. The third-order valence-corrected chi connectivity index (χ3v) is 5.13. The molecule has 174 valence electrons. The highest BCUT2D eigenvalue weighted by Crippen LogP contribution is 2.45. The zero-order valence-electron chi connectivity index (χ0n) is 16.8. The summed E-state index contributed by atoms with van der Waals surface area (Å²) in [6, 6.07) is 7.03. The van der Waals surface area contributed by atoms with Crippen LogP contribution in [0.5, 0.6) is 51.7 Å². The maximum Gasteiger partial charge on any atom is 0.200 e. The third-order valence-electron chi connectivity index (χ3n) is 5.13. The number of phenols is 8. The van der Waals surface area contributed by atoms with Crippen molar-refractivity contribution in [2.24, 2.45) is 0 Å². The van der Waals surface area contributed by atoms with Crippen LogP contribution >= 0.6 is 0 Å². The lowest BCUT2D eigenvalue weighted by Gasteiger charge is -2.33. The maximum absolute atomic E-state index is 10.2. The summed E-state index contributed by atoms with van der Waals surface area (Å²) < 4.78 is 5.86. The molecule has 8 N–H and O–H groups in total. The molecule has 0 aliphatic carbocycles. The van der Waals surface area contributed by atoms with Gasteiger partial charge < -0.3 is 45.6 Å². The van der Waals surface area contributed by atoms with E-state index in [0.717, 1.165) is 30.3 Å². The van der Waals surface area contributed by atoms with Gasteiger partial charge in [0.05, 0.1) is 0 Å². The summed E-state index contributed by atoms with van der Waals surface area (Å²) in [5.74, 6) is -4.07. The first-order valence-electron chi connectivity index (χ1n) is 9.62. The van der Waals surface area contributed by atoms with E-state index in [-0.39, 0.29) is 41.4 Å². The molecule has 11 heteroatoms. The van der Waals surface area contributed by atoms with Crippen molar-refractivity contribution in [3.8, 4) is 51.7 Å². The van der Waals surface area contributed by atoms with Crippen LogP contribution in [0.2, 0.25) is 0 Å². The number of hydrogen-bond donors (Lipinski definition) is 8. The van der Waals surface area contributed by atoms with Crippen LogP contribution in [-0.4, -0.2) is 47.0 Å².